The molecule has 8 nitrogen and oxygen atoms in total. The second-order valence-electron chi connectivity index (χ2n) is 8.17. The summed E-state index contributed by atoms with van der Waals surface area (Å²) in [5, 5.41) is 17.1. The van der Waals surface area contributed by atoms with Crippen LogP contribution in [0.1, 0.15) is 43.1 Å². The van der Waals surface area contributed by atoms with Crippen LogP contribution in [0.5, 0.6) is 5.75 Å². The first-order valence-corrected chi connectivity index (χ1v) is 12.4. The van der Waals surface area contributed by atoms with E-state index >= 15 is 0 Å². The summed E-state index contributed by atoms with van der Waals surface area (Å²) in [5.74, 6) is 0.507. The molecule has 0 bridgehead atoms. The lowest BCUT2D eigenvalue weighted by atomic mass is 10.1. The summed E-state index contributed by atoms with van der Waals surface area (Å²) < 4.78 is 7.88. The Bertz CT molecular complexity index is 1520. The summed E-state index contributed by atoms with van der Waals surface area (Å²) in [6, 6.07) is 16.9. The Hall–Kier alpha value is -3.56. The van der Waals surface area contributed by atoms with Crippen LogP contribution in [0.2, 0.25) is 5.02 Å². The molecule has 0 unspecified atom stereocenters. The van der Waals surface area contributed by atoms with Gasteiger partial charge in [-0.15, -0.1) is 0 Å². The quantitative estimate of drug-likeness (QED) is 0.134. The smallest absolute Gasteiger partial charge is 0.311 e. The normalized spacial score (nSPS) is 12.2. The van der Waals surface area contributed by atoms with Crippen molar-refractivity contribution in [3.8, 4) is 5.75 Å². The maximum atomic E-state index is 13.4. The predicted molar refractivity (Wildman–Crippen MR) is 144 cm³/mol. The first kappa shape index (κ1) is 25.5. The summed E-state index contributed by atoms with van der Waals surface area (Å²) in [6.45, 7) is 4.05. The molecule has 184 valence electrons. The van der Waals surface area contributed by atoms with Gasteiger partial charge < -0.3 is 4.74 Å². The van der Waals surface area contributed by atoms with Crippen molar-refractivity contribution in [1.82, 2.24) is 9.66 Å². The molecule has 0 aliphatic carbocycles. The number of hydrogen-bond donors (Lipinski definition) is 0. The van der Waals surface area contributed by atoms with Crippen molar-refractivity contribution in [2.75, 3.05) is 0 Å². The molecule has 1 atom stereocenters. The number of nitrogens with zero attached hydrogens (tertiary/aromatic N) is 4. The molecule has 1 heterocycles. The summed E-state index contributed by atoms with van der Waals surface area (Å²) in [6.07, 6.45) is 2.14. The van der Waals surface area contributed by atoms with Crippen LogP contribution in [0.25, 0.3) is 10.9 Å². The first-order valence-electron chi connectivity index (χ1n) is 11.2. The fourth-order valence-corrected chi connectivity index (χ4v) is 4.07. The van der Waals surface area contributed by atoms with E-state index in [0.717, 1.165) is 16.5 Å². The van der Waals surface area contributed by atoms with Gasteiger partial charge in [-0.05, 0) is 48.4 Å². The van der Waals surface area contributed by atoms with Gasteiger partial charge in [-0.2, -0.15) is 9.78 Å². The van der Waals surface area contributed by atoms with E-state index < -0.39 is 4.92 Å². The molecule has 36 heavy (non-hydrogen) atoms. The van der Waals surface area contributed by atoms with Crippen LogP contribution in [0.4, 0.5) is 5.69 Å². The van der Waals surface area contributed by atoms with Crippen molar-refractivity contribution < 1.29 is 9.66 Å². The van der Waals surface area contributed by atoms with Crippen LogP contribution in [0.15, 0.2) is 75.0 Å². The molecule has 1 aromatic heterocycles. The van der Waals surface area contributed by atoms with Crippen molar-refractivity contribution >= 4 is 50.3 Å². The van der Waals surface area contributed by atoms with Crippen molar-refractivity contribution in [2.24, 2.45) is 5.10 Å². The Labute approximate surface area is 220 Å². The Morgan fingerprint density at radius 3 is 2.67 bits per heavy atom. The van der Waals surface area contributed by atoms with Crippen molar-refractivity contribution in [3.63, 3.8) is 0 Å². The standard InChI is InChI=1S/C26H22BrClN4O4/c1-3-16(2)25-30-22-12-9-19(27)13-21(22)26(33)31(25)29-14-18-5-4-6-23(32(34)35)24(18)36-15-17-7-10-20(28)11-8-17/h4-14,16H,3,15H2,1-2H3/t16-/m0/s1. The maximum Gasteiger partial charge on any atom is 0.311 e. The van der Waals surface area contributed by atoms with Gasteiger partial charge >= 0.3 is 5.69 Å². The number of hydrogen-bond acceptors (Lipinski definition) is 6. The molecule has 3 aromatic carbocycles. The third kappa shape index (κ3) is 5.47. The van der Waals surface area contributed by atoms with Crippen LogP contribution >= 0.6 is 27.5 Å². The van der Waals surface area contributed by atoms with Gasteiger partial charge in [-0.25, -0.2) is 4.98 Å². The zero-order chi connectivity index (χ0) is 25.8. The average Bonchev–Trinajstić information content (AvgIpc) is 2.87. The van der Waals surface area contributed by atoms with Crippen molar-refractivity contribution in [1.29, 1.82) is 0 Å². The van der Waals surface area contributed by atoms with E-state index in [1.54, 1.807) is 48.5 Å². The van der Waals surface area contributed by atoms with E-state index in [9.17, 15) is 14.9 Å². The van der Waals surface area contributed by atoms with E-state index in [1.165, 1.54) is 17.0 Å². The molecule has 4 rings (SSSR count). The topological polar surface area (TPSA) is 99.6 Å². The number of benzene rings is 3. The number of nitro benzene ring substituents is 1. The molecule has 0 saturated heterocycles. The zero-order valence-electron chi connectivity index (χ0n) is 19.5. The van der Waals surface area contributed by atoms with Crippen molar-refractivity contribution in [3.05, 3.63) is 108 Å². The third-order valence-electron chi connectivity index (χ3n) is 5.72. The highest BCUT2D eigenvalue weighted by Crippen LogP contribution is 2.31. The number of rotatable bonds is 8. The zero-order valence-corrected chi connectivity index (χ0v) is 21.9. The average molecular weight is 570 g/mol. The SMILES string of the molecule is CC[C@H](C)c1nc2ccc(Br)cc2c(=O)n1N=Cc1cccc([N+](=O)[O-])c1OCc1ccc(Cl)cc1. The van der Waals surface area contributed by atoms with Gasteiger partial charge in [-0.3, -0.25) is 14.9 Å². The fraction of sp³-hybridized carbons (Fsp3) is 0.192. The molecular weight excluding hydrogens is 548 g/mol. The second-order valence-corrected chi connectivity index (χ2v) is 9.52. The van der Waals surface area contributed by atoms with Gasteiger partial charge in [-0.1, -0.05) is 59.6 Å². The molecule has 0 radical (unpaired) electrons. The highest BCUT2D eigenvalue weighted by molar-refractivity contribution is 9.10. The maximum absolute atomic E-state index is 13.4. The molecule has 0 saturated carbocycles. The molecule has 0 aliphatic rings. The van der Waals surface area contributed by atoms with Gasteiger partial charge in [0.2, 0.25) is 5.75 Å². The number of halogens is 2. The lowest BCUT2D eigenvalue weighted by Gasteiger charge is -2.14. The minimum atomic E-state index is -0.513. The number of ether oxygens (including phenoxy) is 1. The number of aromatic nitrogens is 2. The Balaban J connectivity index is 1.79. The van der Waals surface area contributed by atoms with Crippen LogP contribution < -0.4 is 10.3 Å². The highest BCUT2D eigenvalue weighted by atomic mass is 79.9. The van der Waals surface area contributed by atoms with Crippen LogP contribution in [-0.4, -0.2) is 20.8 Å². The van der Waals surface area contributed by atoms with E-state index in [2.05, 4.69) is 26.0 Å². The van der Waals surface area contributed by atoms with E-state index in [4.69, 9.17) is 16.3 Å². The molecule has 0 amide bonds. The molecule has 0 spiro atoms. The summed E-state index contributed by atoms with van der Waals surface area (Å²) in [4.78, 5) is 29.3. The van der Waals surface area contributed by atoms with Crippen LogP contribution in [0.3, 0.4) is 0 Å². The van der Waals surface area contributed by atoms with Gasteiger partial charge in [0.05, 0.1) is 22.0 Å². The highest BCUT2D eigenvalue weighted by Gasteiger charge is 2.20. The van der Waals surface area contributed by atoms with Gasteiger partial charge in [0.25, 0.3) is 5.56 Å². The molecule has 0 aliphatic heterocycles. The number of para-hydroxylation sites is 1. The lowest BCUT2D eigenvalue weighted by Crippen LogP contribution is -2.23. The minimum Gasteiger partial charge on any atom is -0.481 e. The second kappa shape index (κ2) is 11.0. The number of fused-ring (bicyclic) bond motifs is 1. The van der Waals surface area contributed by atoms with Gasteiger partial charge in [0, 0.05) is 27.0 Å². The lowest BCUT2D eigenvalue weighted by molar-refractivity contribution is -0.385. The summed E-state index contributed by atoms with van der Waals surface area (Å²) >= 11 is 9.34. The fourth-order valence-electron chi connectivity index (χ4n) is 3.58. The van der Waals surface area contributed by atoms with Gasteiger partial charge in [0.15, 0.2) is 0 Å². The Morgan fingerprint density at radius 2 is 1.97 bits per heavy atom. The molecule has 0 fully saturated rings. The van der Waals surface area contributed by atoms with E-state index in [0.29, 0.717) is 27.3 Å². The first-order chi connectivity index (χ1) is 17.3. The predicted octanol–water partition coefficient (Wildman–Crippen LogP) is 6.70. The van der Waals surface area contributed by atoms with Gasteiger partial charge in [0.1, 0.15) is 12.4 Å². The summed E-state index contributed by atoms with van der Waals surface area (Å²) in [7, 11) is 0. The minimum absolute atomic E-state index is 0.0476. The largest absolute Gasteiger partial charge is 0.481 e. The van der Waals surface area contributed by atoms with E-state index in [-0.39, 0.29) is 29.5 Å². The van der Waals surface area contributed by atoms with Crippen LogP contribution in [0, 0.1) is 10.1 Å². The molecule has 4 aromatic rings. The Morgan fingerprint density at radius 1 is 1.22 bits per heavy atom. The third-order valence-corrected chi connectivity index (χ3v) is 6.46. The molecular formula is C26H22BrClN4O4. The Kier molecular flexibility index (Phi) is 7.81. The van der Waals surface area contributed by atoms with E-state index in [1.807, 2.05) is 19.9 Å². The molecule has 0 N–H and O–H groups in total. The summed E-state index contributed by atoms with van der Waals surface area (Å²) in [5.41, 5.74) is 1.19. The van der Waals surface area contributed by atoms with Crippen LogP contribution in [-0.2, 0) is 6.61 Å². The molecule has 10 heteroatoms. The monoisotopic (exact) mass is 568 g/mol. The number of nitro groups is 1. The van der Waals surface area contributed by atoms with Crippen molar-refractivity contribution in [2.45, 2.75) is 32.8 Å².